The van der Waals surface area contributed by atoms with Crippen LogP contribution in [0.4, 0.5) is 0 Å². The van der Waals surface area contributed by atoms with E-state index >= 15 is 0 Å². The summed E-state index contributed by atoms with van der Waals surface area (Å²) >= 11 is 0. The first-order chi connectivity index (χ1) is 12.2. The van der Waals surface area contributed by atoms with Gasteiger partial charge in [-0.2, -0.15) is 4.98 Å². The molecule has 0 atom stereocenters. The maximum Gasteiger partial charge on any atom is 0.226 e. The first kappa shape index (κ1) is 17.5. The van der Waals surface area contributed by atoms with Gasteiger partial charge in [0, 0.05) is 44.0 Å². The first-order valence-corrected chi connectivity index (χ1v) is 8.79. The fourth-order valence-corrected chi connectivity index (χ4v) is 3.11. The summed E-state index contributed by atoms with van der Waals surface area (Å²) in [6.07, 6.45) is 9.50. The van der Waals surface area contributed by atoms with Crippen LogP contribution < -0.4 is 5.32 Å². The van der Waals surface area contributed by atoms with Gasteiger partial charge in [-0.3, -0.25) is 9.78 Å². The zero-order chi connectivity index (χ0) is 17.5. The summed E-state index contributed by atoms with van der Waals surface area (Å²) in [5.41, 5.74) is 0.821. The molecule has 0 aromatic carbocycles. The molecule has 2 aromatic heterocycles. The van der Waals surface area contributed by atoms with Gasteiger partial charge in [0.05, 0.1) is 6.10 Å². The largest absolute Gasteiger partial charge is 0.381 e. The summed E-state index contributed by atoms with van der Waals surface area (Å²) in [7, 11) is 1.75. The van der Waals surface area contributed by atoms with Gasteiger partial charge in [-0.15, -0.1) is 0 Å². The Morgan fingerprint density at radius 3 is 2.92 bits per heavy atom. The number of ether oxygens (including phenoxy) is 1. The number of carbonyl (C=O) groups is 1. The lowest BCUT2D eigenvalue weighted by molar-refractivity contribution is -0.122. The van der Waals surface area contributed by atoms with E-state index in [1.165, 1.54) is 0 Å². The third-order valence-corrected chi connectivity index (χ3v) is 4.55. The first-order valence-electron chi connectivity index (χ1n) is 8.79. The molecule has 1 N–H and O–H groups in total. The molecule has 0 aliphatic heterocycles. The Labute approximate surface area is 147 Å². The van der Waals surface area contributed by atoms with Crippen LogP contribution in [0.3, 0.4) is 0 Å². The molecule has 1 aliphatic carbocycles. The molecule has 1 amide bonds. The zero-order valence-corrected chi connectivity index (χ0v) is 14.5. The van der Waals surface area contributed by atoms with Gasteiger partial charge >= 0.3 is 0 Å². The summed E-state index contributed by atoms with van der Waals surface area (Å²) in [6, 6.07) is 3.99. The van der Waals surface area contributed by atoms with Crippen LogP contribution in [-0.4, -0.2) is 40.3 Å². The summed E-state index contributed by atoms with van der Waals surface area (Å²) < 4.78 is 10.6. The highest BCUT2D eigenvalue weighted by Gasteiger charge is 2.21. The van der Waals surface area contributed by atoms with Crippen LogP contribution in [0.25, 0.3) is 11.4 Å². The topological polar surface area (TPSA) is 90.1 Å². The number of aryl methyl sites for hydroxylation is 1. The number of pyridine rings is 1. The molecule has 1 aliphatic rings. The van der Waals surface area contributed by atoms with Crippen molar-refractivity contribution in [3.8, 4) is 11.4 Å². The lowest BCUT2D eigenvalue weighted by atomic mass is 9.93. The Morgan fingerprint density at radius 2 is 2.20 bits per heavy atom. The van der Waals surface area contributed by atoms with E-state index in [2.05, 4.69) is 20.4 Å². The number of aromatic nitrogens is 3. The van der Waals surface area contributed by atoms with Gasteiger partial charge in [-0.25, -0.2) is 0 Å². The Bertz CT molecular complexity index is 666. The molecule has 3 rings (SSSR count). The van der Waals surface area contributed by atoms with Crippen molar-refractivity contribution in [1.82, 2.24) is 20.4 Å². The highest BCUT2D eigenvalue weighted by atomic mass is 16.5. The second-order valence-electron chi connectivity index (χ2n) is 6.38. The highest BCUT2D eigenvalue weighted by molar-refractivity contribution is 5.76. The van der Waals surface area contributed by atoms with E-state index in [9.17, 15) is 4.79 Å². The van der Waals surface area contributed by atoms with Crippen LogP contribution in [0.5, 0.6) is 0 Å². The second-order valence-corrected chi connectivity index (χ2v) is 6.38. The second kappa shape index (κ2) is 8.71. The normalized spacial score (nSPS) is 20.4. The average Bonchev–Trinajstić information content (AvgIpc) is 3.12. The van der Waals surface area contributed by atoms with Crippen LogP contribution in [0.2, 0.25) is 0 Å². The average molecular weight is 344 g/mol. The van der Waals surface area contributed by atoms with Crippen LogP contribution in [0.1, 0.15) is 44.4 Å². The van der Waals surface area contributed by atoms with E-state index in [4.69, 9.17) is 9.26 Å². The summed E-state index contributed by atoms with van der Waals surface area (Å²) in [6.45, 7) is 0. The van der Waals surface area contributed by atoms with E-state index in [0.29, 0.717) is 37.1 Å². The Hall–Kier alpha value is -2.28. The van der Waals surface area contributed by atoms with Crippen molar-refractivity contribution in [3.63, 3.8) is 0 Å². The minimum Gasteiger partial charge on any atom is -0.381 e. The molecule has 0 spiro atoms. The van der Waals surface area contributed by atoms with Gasteiger partial charge in [0.2, 0.25) is 17.6 Å². The smallest absolute Gasteiger partial charge is 0.226 e. The zero-order valence-electron chi connectivity index (χ0n) is 14.5. The number of hydrogen-bond acceptors (Lipinski definition) is 6. The molecule has 134 valence electrons. The van der Waals surface area contributed by atoms with Crippen LogP contribution in [-0.2, 0) is 16.0 Å². The van der Waals surface area contributed by atoms with Gasteiger partial charge in [0.15, 0.2) is 0 Å². The number of nitrogens with zero attached hydrogens (tertiary/aromatic N) is 3. The molecular formula is C18H24N4O3. The quantitative estimate of drug-likeness (QED) is 0.830. The van der Waals surface area contributed by atoms with Gasteiger partial charge in [-0.1, -0.05) is 5.16 Å². The number of hydrogen-bond donors (Lipinski definition) is 1. The Balaban J connectivity index is 1.38. The fourth-order valence-electron chi connectivity index (χ4n) is 3.11. The van der Waals surface area contributed by atoms with Crippen LogP contribution >= 0.6 is 0 Å². The van der Waals surface area contributed by atoms with Crippen molar-refractivity contribution < 1.29 is 14.1 Å². The summed E-state index contributed by atoms with van der Waals surface area (Å²) in [5.74, 6) is 1.17. The molecular weight excluding hydrogens is 320 g/mol. The van der Waals surface area contributed by atoms with E-state index in [1.807, 2.05) is 12.1 Å². The molecule has 0 saturated heterocycles. The number of carbonyl (C=O) groups excluding carboxylic acids is 1. The molecule has 0 unspecified atom stereocenters. The van der Waals surface area contributed by atoms with Crippen molar-refractivity contribution in [2.75, 3.05) is 7.11 Å². The van der Waals surface area contributed by atoms with Gasteiger partial charge < -0.3 is 14.6 Å². The van der Waals surface area contributed by atoms with Gasteiger partial charge in [-0.05, 0) is 44.2 Å². The van der Waals surface area contributed by atoms with Crippen molar-refractivity contribution >= 4 is 5.91 Å². The number of methoxy groups -OCH3 is 1. The molecule has 1 saturated carbocycles. The number of nitrogens with one attached hydrogen (secondary N) is 1. The third kappa shape index (κ3) is 5.09. The van der Waals surface area contributed by atoms with E-state index in [0.717, 1.165) is 31.2 Å². The molecule has 7 heteroatoms. The van der Waals surface area contributed by atoms with Crippen molar-refractivity contribution in [1.29, 1.82) is 0 Å². The van der Waals surface area contributed by atoms with Gasteiger partial charge in [0.25, 0.3) is 0 Å². The number of amides is 1. The minimum atomic E-state index is 0.0906. The Morgan fingerprint density at radius 1 is 1.36 bits per heavy atom. The summed E-state index contributed by atoms with van der Waals surface area (Å²) in [5, 5.41) is 7.07. The standard InChI is InChI=1S/C18H24N4O3/c1-24-15-9-7-14(8-10-15)20-16(23)5-2-6-17-21-18(22-25-17)13-4-3-11-19-12-13/h3-4,11-12,14-15H,2,5-10H2,1H3,(H,20,23). The van der Waals surface area contributed by atoms with E-state index < -0.39 is 0 Å². The van der Waals surface area contributed by atoms with Crippen LogP contribution in [0.15, 0.2) is 29.0 Å². The van der Waals surface area contributed by atoms with E-state index in [-0.39, 0.29) is 11.9 Å². The molecule has 1 fully saturated rings. The lowest BCUT2D eigenvalue weighted by Crippen LogP contribution is -2.38. The van der Waals surface area contributed by atoms with Crippen molar-refractivity contribution in [3.05, 3.63) is 30.4 Å². The van der Waals surface area contributed by atoms with Crippen molar-refractivity contribution in [2.45, 2.75) is 57.1 Å². The molecule has 7 nitrogen and oxygen atoms in total. The molecule has 0 bridgehead atoms. The molecule has 0 radical (unpaired) electrons. The predicted octanol–water partition coefficient (Wildman–Crippen LogP) is 2.53. The monoisotopic (exact) mass is 344 g/mol. The van der Waals surface area contributed by atoms with E-state index in [1.54, 1.807) is 19.5 Å². The van der Waals surface area contributed by atoms with Crippen LogP contribution in [0, 0.1) is 0 Å². The fraction of sp³-hybridized carbons (Fsp3) is 0.556. The minimum absolute atomic E-state index is 0.0906. The number of rotatable bonds is 7. The summed E-state index contributed by atoms with van der Waals surface area (Å²) in [4.78, 5) is 20.4. The predicted molar refractivity (Wildman–Crippen MR) is 91.7 cm³/mol. The molecule has 2 heterocycles. The highest BCUT2D eigenvalue weighted by Crippen LogP contribution is 2.21. The lowest BCUT2D eigenvalue weighted by Gasteiger charge is -2.28. The SMILES string of the molecule is COC1CCC(NC(=O)CCCc2nc(-c3cccnc3)no2)CC1. The Kier molecular flexibility index (Phi) is 6.11. The molecule has 2 aromatic rings. The maximum atomic E-state index is 12.1. The van der Waals surface area contributed by atoms with Gasteiger partial charge in [0.1, 0.15) is 0 Å². The van der Waals surface area contributed by atoms with Crippen molar-refractivity contribution in [2.24, 2.45) is 0 Å². The third-order valence-electron chi connectivity index (χ3n) is 4.55. The maximum absolute atomic E-state index is 12.1. The molecule has 25 heavy (non-hydrogen) atoms.